The Balaban J connectivity index is 2.50. The monoisotopic (exact) mass is 184 g/mol. The molecule has 0 aliphatic carbocycles. The van der Waals surface area contributed by atoms with Crippen LogP contribution in [0.1, 0.15) is 16.2 Å². The Morgan fingerprint density at radius 1 is 1.55 bits per heavy atom. The number of aryl methyl sites for hydroxylation is 1. The predicted molar refractivity (Wildman–Crippen MR) is 56.6 cm³/mol. The van der Waals surface area contributed by atoms with E-state index in [-0.39, 0.29) is 0 Å². The SMILES string of the molecule is Cc1ccc(C=CCCS)s1. The summed E-state index contributed by atoms with van der Waals surface area (Å²) in [4.78, 5) is 2.71. The zero-order chi connectivity index (χ0) is 8.10. The van der Waals surface area contributed by atoms with Crippen LogP contribution in [0.25, 0.3) is 6.08 Å². The second kappa shape index (κ2) is 4.62. The first-order valence-electron chi connectivity index (χ1n) is 3.67. The first-order valence-corrected chi connectivity index (χ1v) is 5.11. The predicted octanol–water partition coefficient (Wildman–Crippen LogP) is 3.39. The lowest BCUT2D eigenvalue weighted by Crippen LogP contribution is -1.64. The van der Waals surface area contributed by atoms with Crippen LogP contribution in [0, 0.1) is 6.92 Å². The topological polar surface area (TPSA) is 0 Å². The van der Waals surface area contributed by atoms with Crippen LogP contribution in [0.5, 0.6) is 0 Å². The van der Waals surface area contributed by atoms with E-state index in [0.29, 0.717) is 0 Å². The Labute approximate surface area is 77.4 Å². The summed E-state index contributed by atoms with van der Waals surface area (Å²) < 4.78 is 0. The van der Waals surface area contributed by atoms with Crippen molar-refractivity contribution in [3.05, 3.63) is 28.0 Å². The molecule has 0 N–H and O–H groups in total. The van der Waals surface area contributed by atoms with Crippen LogP contribution in [-0.4, -0.2) is 5.75 Å². The zero-order valence-corrected chi connectivity index (χ0v) is 8.29. The summed E-state index contributed by atoms with van der Waals surface area (Å²) >= 11 is 5.95. The van der Waals surface area contributed by atoms with E-state index < -0.39 is 0 Å². The molecule has 11 heavy (non-hydrogen) atoms. The average molecular weight is 184 g/mol. The first kappa shape index (κ1) is 8.88. The number of hydrogen-bond donors (Lipinski definition) is 1. The van der Waals surface area contributed by atoms with Gasteiger partial charge in [0, 0.05) is 9.75 Å². The molecule has 0 nitrogen and oxygen atoms in total. The third-order valence-corrected chi connectivity index (χ3v) is 2.56. The van der Waals surface area contributed by atoms with E-state index in [0.717, 1.165) is 12.2 Å². The molecule has 0 radical (unpaired) electrons. The van der Waals surface area contributed by atoms with Crippen LogP contribution in [0.3, 0.4) is 0 Å². The van der Waals surface area contributed by atoms with Crippen LogP contribution in [0.15, 0.2) is 18.2 Å². The lowest BCUT2D eigenvalue weighted by Gasteiger charge is -1.83. The van der Waals surface area contributed by atoms with Crippen molar-refractivity contribution >= 4 is 30.0 Å². The Bertz CT molecular complexity index is 235. The molecule has 0 saturated carbocycles. The molecule has 0 amide bonds. The van der Waals surface area contributed by atoms with Crippen molar-refractivity contribution in [1.82, 2.24) is 0 Å². The lowest BCUT2D eigenvalue weighted by molar-refractivity contribution is 1.26. The maximum atomic E-state index is 4.12. The molecule has 0 saturated heterocycles. The molecule has 0 bridgehead atoms. The lowest BCUT2D eigenvalue weighted by atomic mass is 10.3. The minimum atomic E-state index is 0.931. The quantitative estimate of drug-likeness (QED) is 0.684. The van der Waals surface area contributed by atoms with Gasteiger partial charge in [-0.15, -0.1) is 11.3 Å². The van der Waals surface area contributed by atoms with Crippen molar-refractivity contribution in [2.24, 2.45) is 0 Å². The Hall–Kier alpha value is -0.210. The van der Waals surface area contributed by atoms with Crippen molar-refractivity contribution in [1.29, 1.82) is 0 Å². The van der Waals surface area contributed by atoms with Crippen LogP contribution in [0.2, 0.25) is 0 Å². The highest BCUT2D eigenvalue weighted by atomic mass is 32.1. The average Bonchev–Trinajstić information content (AvgIpc) is 2.37. The van der Waals surface area contributed by atoms with Gasteiger partial charge in [-0.25, -0.2) is 0 Å². The molecule has 60 valence electrons. The number of thiol groups is 1. The van der Waals surface area contributed by atoms with Crippen molar-refractivity contribution < 1.29 is 0 Å². The number of rotatable bonds is 3. The molecule has 0 atom stereocenters. The van der Waals surface area contributed by atoms with E-state index in [2.05, 4.69) is 43.8 Å². The van der Waals surface area contributed by atoms with E-state index in [9.17, 15) is 0 Å². The fraction of sp³-hybridized carbons (Fsp3) is 0.333. The molecule has 2 heteroatoms. The van der Waals surface area contributed by atoms with Gasteiger partial charge in [-0.3, -0.25) is 0 Å². The molecule has 0 fully saturated rings. The molecule has 0 unspecified atom stereocenters. The molecular weight excluding hydrogens is 172 g/mol. The summed E-state index contributed by atoms with van der Waals surface area (Å²) in [6.07, 6.45) is 5.38. The Morgan fingerprint density at radius 2 is 2.36 bits per heavy atom. The number of allylic oxidation sites excluding steroid dienone is 1. The van der Waals surface area contributed by atoms with Crippen molar-refractivity contribution in [2.45, 2.75) is 13.3 Å². The Kier molecular flexibility index (Phi) is 3.73. The molecule has 1 aromatic heterocycles. The van der Waals surface area contributed by atoms with E-state index in [1.54, 1.807) is 0 Å². The van der Waals surface area contributed by atoms with Gasteiger partial charge >= 0.3 is 0 Å². The second-order valence-corrected chi connectivity index (χ2v) is 4.13. The van der Waals surface area contributed by atoms with Gasteiger partial charge in [-0.2, -0.15) is 12.6 Å². The highest BCUT2D eigenvalue weighted by Crippen LogP contribution is 2.16. The summed E-state index contributed by atoms with van der Waals surface area (Å²) in [5, 5.41) is 0. The van der Waals surface area contributed by atoms with Gasteiger partial charge in [0.15, 0.2) is 0 Å². The van der Waals surface area contributed by atoms with E-state index >= 15 is 0 Å². The summed E-state index contributed by atoms with van der Waals surface area (Å²) in [7, 11) is 0. The summed E-state index contributed by atoms with van der Waals surface area (Å²) in [6, 6.07) is 4.29. The van der Waals surface area contributed by atoms with Gasteiger partial charge < -0.3 is 0 Å². The van der Waals surface area contributed by atoms with Crippen molar-refractivity contribution in [2.75, 3.05) is 5.75 Å². The molecule has 0 aromatic carbocycles. The van der Waals surface area contributed by atoms with E-state index in [1.165, 1.54) is 9.75 Å². The minimum absolute atomic E-state index is 0.931. The van der Waals surface area contributed by atoms with Crippen molar-refractivity contribution in [3.8, 4) is 0 Å². The maximum Gasteiger partial charge on any atom is 0.0269 e. The van der Waals surface area contributed by atoms with E-state index in [4.69, 9.17) is 0 Å². The van der Waals surface area contributed by atoms with Gasteiger partial charge in [0.25, 0.3) is 0 Å². The van der Waals surface area contributed by atoms with Crippen LogP contribution in [-0.2, 0) is 0 Å². The zero-order valence-electron chi connectivity index (χ0n) is 6.58. The van der Waals surface area contributed by atoms with Crippen molar-refractivity contribution in [3.63, 3.8) is 0 Å². The third-order valence-electron chi connectivity index (χ3n) is 1.34. The smallest absolute Gasteiger partial charge is 0.0269 e. The summed E-state index contributed by atoms with van der Waals surface area (Å²) in [6.45, 7) is 2.13. The molecule has 0 spiro atoms. The van der Waals surface area contributed by atoms with Gasteiger partial charge in [-0.05, 0) is 37.3 Å². The molecule has 0 aliphatic heterocycles. The van der Waals surface area contributed by atoms with Gasteiger partial charge in [0.2, 0.25) is 0 Å². The van der Waals surface area contributed by atoms with Gasteiger partial charge in [0.1, 0.15) is 0 Å². The van der Waals surface area contributed by atoms with Crippen LogP contribution < -0.4 is 0 Å². The first-order chi connectivity index (χ1) is 5.33. The van der Waals surface area contributed by atoms with Crippen LogP contribution >= 0.6 is 24.0 Å². The largest absolute Gasteiger partial charge is 0.179 e. The fourth-order valence-corrected chi connectivity index (χ4v) is 1.77. The second-order valence-electron chi connectivity index (χ2n) is 2.36. The molecule has 1 heterocycles. The molecular formula is C9H12S2. The van der Waals surface area contributed by atoms with Gasteiger partial charge in [-0.1, -0.05) is 6.08 Å². The number of thiophene rings is 1. The highest BCUT2D eigenvalue weighted by Gasteiger charge is 1.89. The highest BCUT2D eigenvalue weighted by molar-refractivity contribution is 7.80. The normalized spacial score (nSPS) is 11.1. The Morgan fingerprint density at radius 3 is 2.91 bits per heavy atom. The molecule has 1 rings (SSSR count). The summed E-state index contributed by atoms with van der Waals surface area (Å²) in [5.74, 6) is 0.931. The van der Waals surface area contributed by atoms with E-state index in [1.807, 2.05) is 11.3 Å². The minimum Gasteiger partial charge on any atom is -0.179 e. The number of hydrogen-bond acceptors (Lipinski definition) is 2. The summed E-state index contributed by atoms with van der Waals surface area (Å²) in [5.41, 5.74) is 0. The third kappa shape index (κ3) is 3.12. The molecule has 1 aromatic rings. The van der Waals surface area contributed by atoms with Gasteiger partial charge in [0.05, 0.1) is 0 Å². The van der Waals surface area contributed by atoms with Crippen LogP contribution in [0.4, 0.5) is 0 Å². The molecule has 0 aliphatic rings. The maximum absolute atomic E-state index is 4.12. The standard InChI is InChI=1S/C9H12S2/c1-8-5-6-9(11-8)4-2-3-7-10/h2,4-6,10H,3,7H2,1H3. The fourth-order valence-electron chi connectivity index (χ4n) is 0.817.